The van der Waals surface area contributed by atoms with Crippen LogP contribution in [-0.2, 0) is 4.79 Å². The molecule has 0 aliphatic heterocycles. The van der Waals surface area contributed by atoms with E-state index >= 15 is 0 Å². The molecular weight excluding hydrogens is 148 g/mol. The number of fused-ring (bicyclic) bond motifs is 2. The third-order valence-electron chi connectivity index (χ3n) is 2.91. The zero-order valence-corrected chi connectivity index (χ0v) is 7.36. The molecule has 64 valence electrons. The van der Waals surface area contributed by atoms with E-state index in [4.69, 9.17) is 0 Å². The minimum atomic E-state index is 0.168. The number of carbonyl (C=O) groups excluding carboxylic acids is 1. The summed E-state index contributed by atoms with van der Waals surface area (Å²) in [6, 6.07) is 0. The highest BCUT2D eigenvalue weighted by Gasteiger charge is 2.33. The molecule has 0 saturated heterocycles. The average Bonchev–Trinajstić information content (AvgIpc) is 2.60. The zero-order chi connectivity index (χ0) is 8.55. The lowest BCUT2D eigenvalue weighted by Crippen LogP contribution is -2.03. The molecule has 3 unspecified atom stereocenters. The molecule has 2 bridgehead atoms. The Balaban J connectivity index is 1.99. The van der Waals surface area contributed by atoms with Gasteiger partial charge < -0.3 is 0 Å². The average molecular weight is 162 g/mol. The number of hydrogen-bond donors (Lipinski definition) is 0. The summed E-state index contributed by atoms with van der Waals surface area (Å²) in [5, 5.41) is 0. The van der Waals surface area contributed by atoms with E-state index < -0.39 is 0 Å². The van der Waals surface area contributed by atoms with Crippen LogP contribution in [0.5, 0.6) is 0 Å². The van der Waals surface area contributed by atoms with Crippen LogP contribution in [0.25, 0.3) is 0 Å². The van der Waals surface area contributed by atoms with Gasteiger partial charge in [0.2, 0.25) is 0 Å². The Morgan fingerprint density at radius 2 is 2.25 bits per heavy atom. The minimum absolute atomic E-state index is 0.168. The van der Waals surface area contributed by atoms with Crippen molar-refractivity contribution < 1.29 is 4.79 Å². The normalized spacial score (nSPS) is 38.2. The van der Waals surface area contributed by atoms with Gasteiger partial charge in [-0.25, -0.2) is 0 Å². The lowest BCUT2D eigenvalue weighted by molar-refractivity contribution is -0.112. The van der Waals surface area contributed by atoms with Gasteiger partial charge in [-0.05, 0) is 43.6 Å². The van der Waals surface area contributed by atoms with Crippen molar-refractivity contribution in [3.8, 4) is 0 Å². The summed E-state index contributed by atoms with van der Waals surface area (Å²) in [4.78, 5) is 10.7. The first-order valence-electron chi connectivity index (χ1n) is 4.63. The van der Waals surface area contributed by atoms with E-state index in [0.29, 0.717) is 5.92 Å². The van der Waals surface area contributed by atoms with Crippen LogP contribution in [0.15, 0.2) is 24.3 Å². The lowest BCUT2D eigenvalue weighted by atomic mass is 9.93. The molecule has 0 amide bonds. The molecule has 0 heterocycles. The summed E-state index contributed by atoms with van der Waals surface area (Å²) in [7, 11) is 0. The summed E-state index contributed by atoms with van der Waals surface area (Å²) in [5.41, 5.74) is 0. The van der Waals surface area contributed by atoms with Gasteiger partial charge in [-0.1, -0.05) is 18.2 Å². The van der Waals surface area contributed by atoms with Crippen molar-refractivity contribution in [1.29, 1.82) is 0 Å². The van der Waals surface area contributed by atoms with Crippen molar-refractivity contribution in [3.63, 3.8) is 0 Å². The molecular formula is C11H14O. The Hall–Kier alpha value is -0.850. The predicted octanol–water partition coefficient (Wildman–Crippen LogP) is 2.34. The smallest absolute Gasteiger partial charge is 0.152 e. The first-order chi connectivity index (χ1) is 5.75. The summed E-state index contributed by atoms with van der Waals surface area (Å²) < 4.78 is 0. The van der Waals surface area contributed by atoms with Crippen LogP contribution in [0.2, 0.25) is 0 Å². The summed E-state index contributed by atoms with van der Waals surface area (Å²) in [5.74, 6) is 2.34. The topological polar surface area (TPSA) is 17.1 Å². The van der Waals surface area contributed by atoms with Gasteiger partial charge in [-0.2, -0.15) is 0 Å². The van der Waals surface area contributed by atoms with Crippen LogP contribution in [0.4, 0.5) is 0 Å². The van der Waals surface area contributed by atoms with Crippen molar-refractivity contribution in [2.24, 2.45) is 17.8 Å². The van der Waals surface area contributed by atoms with Crippen LogP contribution in [0.1, 0.15) is 19.8 Å². The Morgan fingerprint density at radius 1 is 1.42 bits per heavy atom. The van der Waals surface area contributed by atoms with Gasteiger partial charge in [0.05, 0.1) is 0 Å². The number of carbonyl (C=O) groups is 1. The molecule has 0 aromatic rings. The van der Waals surface area contributed by atoms with Crippen molar-refractivity contribution in [2.45, 2.75) is 19.8 Å². The largest absolute Gasteiger partial charge is 0.295 e. The van der Waals surface area contributed by atoms with Crippen LogP contribution < -0.4 is 0 Å². The van der Waals surface area contributed by atoms with E-state index in [1.807, 2.05) is 0 Å². The Kier molecular flexibility index (Phi) is 1.87. The van der Waals surface area contributed by atoms with Gasteiger partial charge in [-0.15, -0.1) is 0 Å². The summed E-state index contributed by atoms with van der Waals surface area (Å²) >= 11 is 0. The van der Waals surface area contributed by atoms with Crippen molar-refractivity contribution >= 4 is 5.78 Å². The fourth-order valence-electron chi connectivity index (χ4n) is 2.30. The maximum absolute atomic E-state index is 10.7. The van der Waals surface area contributed by atoms with Gasteiger partial charge in [0.25, 0.3) is 0 Å². The molecule has 12 heavy (non-hydrogen) atoms. The van der Waals surface area contributed by atoms with Crippen LogP contribution >= 0.6 is 0 Å². The van der Waals surface area contributed by atoms with E-state index in [2.05, 4.69) is 18.2 Å². The Bertz CT molecular complexity index is 250. The fourth-order valence-corrected chi connectivity index (χ4v) is 2.30. The molecule has 0 spiro atoms. The van der Waals surface area contributed by atoms with Gasteiger partial charge >= 0.3 is 0 Å². The van der Waals surface area contributed by atoms with E-state index in [-0.39, 0.29) is 5.78 Å². The van der Waals surface area contributed by atoms with E-state index in [1.54, 1.807) is 13.0 Å². The first-order valence-corrected chi connectivity index (χ1v) is 4.63. The van der Waals surface area contributed by atoms with Crippen molar-refractivity contribution in [1.82, 2.24) is 0 Å². The maximum atomic E-state index is 10.7. The molecule has 1 saturated carbocycles. The monoisotopic (exact) mass is 162 g/mol. The molecule has 0 N–H and O–H groups in total. The van der Waals surface area contributed by atoms with Gasteiger partial charge in [0, 0.05) is 0 Å². The molecule has 1 fully saturated rings. The maximum Gasteiger partial charge on any atom is 0.152 e. The van der Waals surface area contributed by atoms with Crippen molar-refractivity contribution in [2.75, 3.05) is 0 Å². The molecule has 0 radical (unpaired) electrons. The molecule has 1 nitrogen and oxygen atoms in total. The second-order valence-electron chi connectivity index (χ2n) is 3.91. The second-order valence-corrected chi connectivity index (χ2v) is 3.91. The predicted molar refractivity (Wildman–Crippen MR) is 48.7 cm³/mol. The summed E-state index contributed by atoms with van der Waals surface area (Å²) in [6.07, 6.45) is 11.0. The number of hydrogen-bond acceptors (Lipinski definition) is 1. The third kappa shape index (κ3) is 1.36. The SMILES string of the molecule is CC(=O)C=CC1CC2C=CC1C2. The number of rotatable bonds is 2. The Labute approximate surface area is 73.2 Å². The Morgan fingerprint density at radius 3 is 2.75 bits per heavy atom. The highest BCUT2D eigenvalue weighted by molar-refractivity contribution is 5.87. The van der Waals surface area contributed by atoms with E-state index in [0.717, 1.165) is 11.8 Å². The van der Waals surface area contributed by atoms with Crippen LogP contribution in [-0.4, -0.2) is 5.78 Å². The van der Waals surface area contributed by atoms with Gasteiger partial charge in [-0.3, -0.25) is 4.79 Å². The van der Waals surface area contributed by atoms with E-state index in [9.17, 15) is 4.79 Å². The molecule has 3 atom stereocenters. The van der Waals surface area contributed by atoms with E-state index in [1.165, 1.54) is 12.8 Å². The standard InChI is InChI=1S/C11H14O/c1-8(12)2-4-10-6-9-3-5-11(10)7-9/h2-5,9-11H,6-7H2,1H3. The zero-order valence-electron chi connectivity index (χ0n) is 7.36. The number of ketones is 1. The highest BCUT2D eigenvalue weighted by atomic mass is 16.1. The van der Waals surface area contributed by atoms with Gasteiger partial charge in [0.15, 0.2) is 5.78 Å². The highest BCUT2D eigenvalue weighted by Crippen LogP contribution is 2.43. The van der Waals surface area contributed by atoms with Crippen molar-refractivity contribution in [3.05, 3.63) is 24.3 Å². The molecule has 1 heteroatoms. The molecule has 2 aliphatic carbocycles. The summed E-state index contributed by atoms with van der Waals surface area (Å²) in [6.45, 7) is 1.61. The fraction of sp³-hybridized carbons (Fsp3) is 0.545. The molecule has 0 aromatic carbocycles. The molecule has 0 aromatic heterocycles. The quantitative estimate of drug-likeness (QED) is 0.450. The minimum Gasteiger partial charge on any atom is -0.295 e. The third-order valence-corrected chi connectivity index (χ3v) is 2.91. The van der Waals surface area contributed by atoms with Crippen LogP contribution in [0.3, 0.4) is 0 Å². The molecule has 2 aliphatic rings. The first kappa shape index (κ1) is 7.78. The second kappa shape index (κ2) is 2.89. The van der Waals surface area contributed by atoms with Gasteiger partial charge in [0.1, 0.15) is 0 Å². The van der Waals surface area contributed by atoms with Crippen LogP contribution in [0, 0.1) is 17.8 Å². The number of allylic oxidation sites excluding steroid dienone is 4. The lowest BCUT2D eigenvalue weighted by Gasteiger charge is -2.12. The molecule has 2 rings (SSSR count).